The lowest BCUT2D eigenvalue weighted by Crippen LogP contribution is -2.31. The fourth-order valence-corrected chi connectivity index (χ4v) is 3.19. The molecule has 0 saturated heterocycles. The number of hydrogen-bond donors (Lipinski definition) is 3. The molecule has 9 heteroatoms. The summed E-state index contributed by atoms with van der Waals surface area (Å²) in [5.74, 6) is 2.00. The third-order valence-electron chi connectivity index (χ3n) is 4.69. The first kappa shape index (κ1) is 18.0. The number of nitrogens with one attached hydrogen (secondary N) is 3. The van der Waals surface area contributed by atoms with E-state index in [1.165, 1.54) is 5.56 Å². The van der Waals surface area contributed by atoms with E-state index in [1.54, 1.807) is 19.5 Å². The summed E-state index contributed by atoms with van der Waals surface area (Å²) in [4.78, 5) is 9.04. The summed E-state index contributed by atoms with van der Waals surface area (Å²) in [6.07, 6.45) is 5.42. The molecule has 4 aromatic rings. The van der Waals surface area contributed by atoms with Crippen LogP contribution in [-0.4, -0.2) is 26.9 Å². The molecule has 2 aromatic carbocycles. The maximum Gasteiger partial charge on any atom is 0.229 e. The molecule has 2 aromatic heterocycles. The van der Waals surface area contributed by atoms with Crippen LogP contribution in [-0.2, 0) is 6.54 Å². The summed E-state index contributed by atoms with van der Waals surface area (Å²) in [7, 11) is 1.65. The van der Waals surface area contributed by atoms with Crippen LogP contribution in [0.15, 0.2) is 73.2 Å². The minimum atomic E-state index is 0.483. The van der Waals surface area contributed by atoms with Crippen LogP contribution < -0.4 is 26.0 Å². The standard InChI is InChI=1S/C21H20N8O/c1-30-18-9-7-17(8-10-18)29-20-19(26-27-29)12-22-21(25-20)24-16-11-23-28(14-16)13-15-5-3-2-4-6-15/h2-12,14,26-27H,13H2,1H3,(H,22,24,25). The van der Waals surface area contributed by atoms with Crippen LogP contribution in [0.25, 0.3) is 0 Å². The normalized spacial score (nSPS) is 12.4. The number of nitrogens with zero attached hydrogens (tertiary/aromatic N) is 5. The van der Waals surface area contributed by atoms with Gasteiger partial charge >= 0.3 is 0 Å². The van der Waals surface area contributed by atoms with Crippen LogP contribution in [0, 0.1) is 0 Å². The van der Waals surface area contributed by atoms with E-state index < -0.39 is 0 Å². The van der Waals surface area contributed by atoms with Gasteiger partial charge in [-0.05, 0) is 29.8 Å². The molecule has 0 fully saturated rings. The Labute approximate surface area is 173 Å². The predicted molar refractivity (Wildman–Crippen MR) is 115 cm³/mol. The zero-order valence-electron chi connectivity index (χ0n) is 16.3. The zero-order chi connectivity index (χ0) is 20.3. The maximum absolute atomic E-state index is 5.23. The minimum Gasteiger partial charge on any atom is -0.497 e. The number of methoxy groups -OCH3 is 1. The number of hydrazine groups is 2. The second kappa shape index (κ2) is 7.72. The quantitative estimate of drug-likeness (QED) is 0.453. The van der Waals surface area contributed by atoms with E-state index in [0.717, 1.165) is 22.8 Å². The van der Waals surface area contributed by atoms with Crippen molar-refractivity contribution in [2.24, 2.45) is 0 Å². The fraction of sp³-hybridized carbons (Fsp3) is 0.0952. The first-order chi connectivity index (χ1) is 14.8. The summed E-state index contributed by atoms with van der Waals surface area (Å²) in [5, 5.41) is 9.48. The molecule has 0 saturated carbocycles. The molecule has 0 aliphatic carbocycles. The number of benzene rings is 2. The summed E-state index contributed by atoms with van der Waals surface area (Å²) < 4.78 is 7.10. The number of ether oxygens (including phenoxy) is 1. The highest BCUT2D eigenvalue weighted by Crippen LogP contribution is 2.33. The van der Waals surface area contributed by atoms with Gasteiger partial charge in [0.2, 0.25) is 5.95 Å². The summed E-state index contributed by atoms with van der Waals surface area (Å²) in [6.45, 7) is 0.701. The smallest absolute Gasteiger partial charge is 0.229 e. The molecule has 9 nitrogen and oxygen atoms in total. The second-order valence-corrected chi connectivity index (χ2v) is 6.74. The van der Waals surface area contributed by atoms with E-state index in [1.807, 2.05) is 58.4 Å². The Morgan fingerprint density at radius 3 is 2.67 bits per heavy atom. The van der Waals surface area contributed by atoms with Crippen molar-refractivity contribution in [1.29, 1.82) is 0 Å². The Kier molecular flexibility index (Phi) is 4.62. The lowest BCUT2D eigenvalue weighted by Gasteiger charge is -2.17. The Bertz CT molecular complexity index is 1140. The Morgan fingerprint density at radius 2 is 1.87 bits per heavy atom. The first-order valence-electron chi connectivity index (χ1n) is 9.45. The van der Waals surface area contributed by atoms with Crippen molar-refractivity contribution in [3.05, 3.63) is 78.8 Å². The average Bonchev–Trinajstić information content (AvgIpc) is 3.41. The van der Waals surface area contributed by atoms with E-state index in [0.29, 0.717) is 18.3 Å². The number of fused-ring (bicyclic) bond motifs is 1. The van der Waals surface area contributed by atoms with Crippen molar-refractivity contribution >= 4 is 28.8 Å². The Balaban J connectivity index is 1.33. The highest BCUT2D eigenvalue weighted by atomic mass is 16.5. The molecule has 150 valence electrons. The van der Waals surface area contributed by atoms with Gasteiger partial charge in [-0.25, -0.2) is 9.99 Å². The van der Waals surface area contributed by atoms with Crippen LogP contribution >= 0.6 is 0 Å². The van der Waals surface area contributed by atoms with Crippen molar-refractivity contribution in [3.8, 4) is 5.75 Å². The van der Waals surface area contributed by atoms with E-state index in [-0.39, 0.29) is 0 Å². The molecule has 3 N–H and O–H groups in total. The molecular weight excluding hydrogens is 380 g/mol. The topological polar surface area (TPSA) is 92.2 Å². The predicted octanol–water partition coefficient (Wildman–Crippen LogP) is 3.46. The molecule has 1 aliphatic heterocycles. The summed E-state index contributed by atoms with van der Waals surface area (Å²) in [5.41, 5.74) is 9.88. The van der Waals surface area contributed by atoms with E-state index in [4.69, 9.17) is 4.74 Å². The van der Waals surface area contributed by atoms with Crippen LogP contribution in [0.2, 0.25) is 0 Å². The van der Waals surface area contributed by atoms with E-state index in [2.05, 4.69) is 43.5 Å². The summed E-state index contributed by atoms with van der Waals surface area (Å²) >= 11 is 0. The number of hydrogen-bond acceptors (Lipinski definition) is 8. The molecule has 0 radical (unpaired) electrons. The summed E-state index contributed by atoms with van der Waals surface area (Å²) in [6, 6.07) is 17.9. The van der Waals surface area contributed by atoms with Crippen LogP contribution in [0.3, 0.4) is 0 Å². The monoisotopic (exact) mass is 400 g/mol. The average molecular weight is 400 g/mol. The maximum atomic E-state index is 5.23. The Hall–Kier alpha value is -4.11. The first-order valence-corrected chi connectivity index (χ1v) is 9.45. The molecular formula is C21H20N8O. The number of rotatable bonds is 6. The van der Waals surface area contributed by atoms with E-state index in [9.17, 15) is 0 Å². The van der Waals surface area contributed by atoms with Crippen molar-refractivity contribution in [2.45, 2.75) is 6.54 Å². The van der Waals surface area contributed by atoms with Crippen molar-refractivity contribution in [1.82, 2.24) is 25.3 Å². The third kappa shape index (κ3) is 3.61. The van der Waals surface area contributed by atoms with Gasteiger partial charge in [0.1, 0.15) is 11.4 Å². The molecule has 1 aliphatic rings. The van der Waals surface area contributed by atoms with Gasteiger partial charge < -0.3 is 10.1 Å². The van der Waals surface area contributed by atoms with Gasteiger partial charge in [0.05, 0.1) is 37.4 Å². The van der Waals surface area contributed by atoms with Crippen molar-refractivity contribution in [2.75, 3.05) is 22.9 Å². The van der Waals surface area contributed by atoms with E-state index >= 15 is 0 Å². The van der Waals surface area contributed by atoms with Gasteiger partial charge in [-0.15, -0.1) is 5.53 Å². The Morgan fingerprint density at radius 1 is 1.03 bits per heavy atom. The molecule has 0 amide bonds. The van der Waals surface area contributed by atoms with Gasteiger partial charge in [-0.2, -0.15) is 10.1 Å². The fourth-order valence-electron chi connectivity index (χ4n) is 3.19. The second-order valence-electron chi connectivity index (χ2n) is 6.74. The van der Waals surface area contributed by atoms with Gasteiger partial charge in [0, 0.05) is 6.20 Å². The van der Waals surface area contributed by atoms with Gasteiger partial charge in [-0.1, -0.05) is 30.3 Å². The largest absolute Gasteiger partial charge is 0.497 e. The number of anilines is 5. The van der Waals surface area contributed by atoms with Crippen LogP contribution in [0.5, 0.6) is 5.75 Å². The van der Waals surface area contributed by atoms with Crippen LogP contribution in [0.4, 0.5) is 28.8 Å². The lowest BCUT2D eigenvalue weighted by molar-refractivity contribution is 0.415. The molecule has 0 atom stereocenters. The molecule has 30 heavy (non-hydrogen) atoms. The molecule has 0 spiro atoms. The van der Waals surface area contributed by atoms with Gasteiger partial charge in [-0.3, -0.25) is 10.1 Å². The van der Waals surface area contributed by atoms with Crippen molar-refractivity contribution < 1.29 is 4.74 Å². The van der Waals surface area contributed by atoms with Gasteiger partial charge in [0.15, 0.2) is 5.82 Å². The molecule has 0 bridgehead atoms. The van der Waals surface area contributed by atoms with Gasteiger partial charge in [0.25, 0.3) is 0 Å². The zero-order valence-corrected chi connectivity index (χ0v) is 16.3. The van der Waals surface area contributed by atoms with Crippen LogP contribution in [0.1, 0.15) is 5.56 Å². The number of aromatic nitrogens is 4. The lowest BCUT2D eigenvalue weighted by atomic mass is 10.2. The molecule has 5 rings (SSSR count). The van der Waals surface area contributed by atoms with Crippen molar-refractivity contribution in [3.63, 3.8) is 0 Å². The SMILES string of the molecule is COc1ccc(N2NNc3cnc(Nc4cnn(Cc5ccccc5)c4)nc32)cc1. The molecule has 3 heterocycles. The minimum absolute atomic E-state index is 0.483. The highest BCUT2D eigenvalue weighted by Gasteiger charge is 2.23. The molecule has 0 unspecified atom stereocenters. The highest BCUT2D eigenvalue weighted by molar-refractivity contribution is 5.76. The third-order valence-corrected chi connectivity index (χ3v) is 4.69.